The van der Waals surface area contributed by atoms with Gasteiger partial charge in [-0.25, -0.2) is 4.79 Å². The van der Waals surface area contributed by atoms with Crippen LogP contribution in [0.4, 0.5) is 10.5 Å². The van der Waals surface area contributed by atoms with Gasteiger partial charge in [0.2, 0.25) is 0 Å². The normalized spacial score (nSPS) is 15.2. The van der Waals surface area contributed by atoms with Crippen molar-refractivity contribution in [3.8, 4) is 5.75 Å². The number of amides is 2. The zero-order valence-corrected chi connectivity index (χ0v) is 14.0. The van der Waals surface area contributed by atoms with E-state index in [1.54, 1.807) is 0 Å². The standard InChI is InChI=1S/C18H28N2O3/c1-2-3-12-23-17-6-4-16(5-7-17)20-18(21)19-11-8-15-9-13-22-14-10-15/h4-7,15H,2-3,8-14H2,1H3,(H2,19,20,21). The van der Waals surface area contributed by atoms with E-state index in [2.05, 4.69) is 17.6 Å². The fourth-order valence-corrected chi connectivity index (χ4v) is 2.57. The Balaban J connectivity index is 1.64. The Morgan fingerprint density at radius 1 is 1.26 bits per heavy atom. The summed E-state index contributed by atoms with van der Waals surface area (Å²) in [5.74, 6) is 1.51. The summed E-state index contributed by atoms with van der Waals surface area (Å²) in [7, 11) is 0. The van der Waals surface area contributed by atoms with Gasteiger partial charge in [0.1, 0.15) is 5.75 Å². The van der Waals surface area contributed by atoms with Crippen molar-refractivity contribution in [1.29, 1.82) is 0 Å². The first-order chi connectivity index (χ1) is 11.3. The van der Waals surface area contributed by atoms with E-state index < -0.39 is 0 Å². The molecule has 0 aliphatic carbocycles. The molecule has 2 rings (SSSR count). The molecule has 0 bridgehead atoms. The van der Waals surface area contributed by atoms with E-state index in [0.29, 0.717) is 12.5 Å². The van der Waals surface area contributed by atoms with Crippen LogP contribution in [-0.2, 0) is 4.74 Å². The predicted molar refractivity (Wildman–Crippen MR) is 92.0 cm³/mol. The van der Waals surface area contributed by atoms with E-state index in [0.717, 1.165) is 63.4 Å². The average molecular weight is 320 g/mol. The first-order valence-corrected chi connectivity index (χ1v) is 8.63. The van der Waals surface area contributed by atoms with E-state index in [9.17, 15) is 4.79 Å². The van der Waals surface area contributed by atoms with Gasteiger partial charge in [-0.05, 0) is 55.9 Å². The number of anilines is 1. The van der Waals surface area contributed by atoms with Gasteiger partial charge in [-0.3, -0.25) is 0 Å². The van der Waals surface area contributed by atoms with Gasteiger partial charge >= 0.3 is 6.03 Å². The highest BCUT2D eigenvalue weighted by atomic mass is 16.5. The third-order valence-corrected chi connectivity index (χ3v) is 4.06. The summed E-state index contributed by atoms with van der Waals surface area (Å²) in [6.45, 7) is 5.27. The van der Waals surface area contributed by atoms with Crippen molar-refractivity contribution in [1.82, 2.24) is 5.32 Å². The summed E-state index contributed by atoms with van der Waals surface area (Å²) in [6.07, 6.45) is 5.38. The lowest BCUT2D eigenvalue weighted by Gasteiger charge is -2.21. The molecule has 1 heterocycles. The molecular weight excluding hydrogens is 292 g/mol. The van der Waals surface area contributed by atoms with Gasteiger partial charge in [0.25, 0.3) is 0 Å². The number of urea groups is 1. The first-order valence-electron chi connectivity index (χ1n) is 8.63. The number of hydrogen-bond donors (Lipinski definition) is 2. The second-order valence-corrected chi connectivity index (χ2v) is 5.95. The third kappa shape index (κ3) is 6.91. The summed E-state index contributed by atoms with van der Waals surface area (Å²) >= 11 is 0. The molecule has 2 amide bonds. The number of unbranched alkanes of at least 4 members (excludes halogenated alkanes) is 1. The van der Waals surface area contributed by atoms with Crippen molar-refractivity contribution in [3.63, 3.8) is 0 Å². The summed E-state index contributed by atoms with van der Waals surface area (Å²) in [4.78, 5) is 11.9. The number of carbonyl (C=O) groups is 1. The summed E-state index contributed by atoms with van der Waals surface area (Å²) in [5.41, 5.74) is 0.774. The molecule has 0 spiro atoms. The van der Waals surface area contributed by atoms with E-state index in [1.807, 2.05) is 24.3 Å². The van der Waals surface area contributed by atoms with Crippen LogP contribution in [0, 0.1) is 5.92 Å². The van der Waals surface area contributed by atoms with Crippen LogP contribution in [0.15, 0.2) is 24.3 Å². The molecule has 0 saturated carbocycles. The molecule has 5 heteroatoms. The summed E-state index contributed by atoms with van der Waals surface area (Å²) in [6, 6.07) is 7.33. The average Bonchev–Trinajstić information content (AvgIpc) is 2.58. The van der Waals surface area contributed by atoms with Crippen LogP contribution in [-0.4, -0.2) is 32.4 Å². The number of rotatable bonds is 8. The molecule has 1 aromatic carbocycles. The molecule has 0 atom stereocenters. The maximum atomic E-state index is 11.9. The van der Waals surface area contributed by atoms with Crippen molar-refractivity contribution in [2.24, 2.45) is 5.92 Å². The van der Waals surface area contributed by atoms with Gasteiger partial charge in [-0.2, -0.15) is 0 Å². The second-order valence-electron chi connectivity index (χ2n) is 5.95. The highest BCUT2D eigenvalue weighted by Gasteiger charge is 2.13. The monoisotopic (exact) mass is 320 g/mol. The lowest BCUT2D eigenvalue weighted by atomic mass is 9.97. The molecule has 1 fully saturated rings. The van der Waals surface area contributed by atoms with Gasteiger partial charge < -0.3 is 20.1 Å². The van der Waals surface area contributed by atoms with Crippen LogP contribution in [0.25, 0.3) is 0 Å². The van der Waals surface area contributed by atoms with E-state index in [-0.39, 0.29) is 6.03 Å². The fourth-order valence-electron chi connectivity index (χ4n) is 2.57. The zero-order valence-electron chi connectivity index (χ0n) is 14.0. The lowest BCUT2D eigenvalue weighted by molar-refractivity contribution is 0.0642. The molecule has 0 aromatic heterocycles. The molecular formula is C18H28N2O3. The van der Waals surface area contributed by atoms with Gasteiger partial charge in [-0.1, -0.05) is 13.3 Å². The number of hydrogen-bond acceptors (Lipinski definition) is 3. The van der Waals surface area contributed by atoms with E-state index in [4.69, 9.17) is 9.47 Å². The third-order valence-electron chi connectivity index (χ3n) is 4.06. The quantitative estimate of drug-likeness (QED) is 0.716. The number of carbonyl (C=O) groups excluding carboxylic acids is 1. The largest absolute Gasteiger partial charge is 0.494 e. The Morgan fingerprint density at radius 2 is 2.00 bits per heavy atom. The maximum Gasteiger partial charge on any atom is 0.319 e. The van der Waals surface area contributed by atoms with E-state index >= 15 is 0 Å². The van der Waals surface area contributed by atoms with Gasteiger partial charge in [0.05, 0.1) is 6.61 Å². The van der Waals surface area contributed by atoms with Crippen molar-refractivity contribution in [2.45, 2.75) is 39.0 Å². The molecule has 1 aromatic rings. The van der Waals surface area contributed by atoms with Gasteiger partial charge in [0.15, 0.2) is 0 Å². The molecule has 128 valence electrons. The lowest BCUT2D eigenvalue weighted by Crippen LogP contribution is -2.31. The minimum Gasteiger partial charge on any atom is -0.494 e. The van der Waals surface area contributed by atoms with Crippen molar-refractivity contribution in [3.05, 3.63) is 24.3 Å². The highest BCUT2D eigenvalue weighted by molar-refractivity contribution is 5.89. The number of benzene rings is 1. The van der Waals surface area contributed by atoms with Crippen LogP contribution in [0.1, 0.15) is 39.0 Å². The predicted octanol–water partition coefficient (Wildman–Crippen LogP) is 3.80. The minimum atomic E-state index is -0.156. The Labute approximate surface area is 138 Å². The molecule has 0 unspecified atom stereocenters. The van der Waals surface area contributed by atoms with Crippen LogP contribution in [0.2, 0.25) is 0 Å². The van der Waals surface area contributed by atoms with E-state index in [1.165, 1.54) is 0 Å². The Morgan fingerprint density at radius 3 is 2.70 bits per heavy atom. The summed E-state index contributed by atoms with van der Waals surface area (Å²) < 4.78 is 10.9. The Hall–Kier alpha value is -1.75. The Kier molecular flexibility index (Phi) is 7.73. The van der Waals surface area contributed by atoms with Crippen LogP contribution >= 0.6 is 0 Å². The maximum absolute atomic E-state index is 11.9. The number of nitrogens with one attached hydrogen (secondary N) is 2. The van der Waals surface area contributed by atoms with Crippen LogP contribution in [0.3, 0.4) is 0 Å². The Bertz CT molecular complexity index is 456. The van der Waals surface area contributed by atoms with Crippen molar-refractivity contribution >= 4 is 11.7 Å². The molecule has 1 aliphatic rings. The second kappa shape index (κ2) is 10.1. The SMILES string of the molecule is CCCCOc1ccc(NC(=O)NCCC2CCOCC2)cc1. The molecule has 23 heavy (non-hydrogen) atoms. The minimum absolute atomic E-state index is 0.156. The van der Waals surface area contributed by atoms with Crippen LogP contribution < -0.4 is 15.4 Å². The smallest absolute Gasteiger partial charge is 0.319 e. The number of ether oxygens (including phenoxy) is 2. The topological polar surface area (TPSA) is 59.6 Å². The molecule has 2 N–H and O–H groups in total. The molecule has 0 radical (unpaired) electrons. The highest BCUT2D eigenvalue weighted by Crippen LogP contribution is 2.18. The van der Waals surface area contributed by atoms with Crippen LogP contribution in [0.5, 0.6) is 5.75 Å². The molecule has 1 saturated heterocycles. The molecule has 5 nitrogen and oxygen atoms in total. The fraction of sp³-hybridized carbons (Fsp3) is 0.611. The first kappa shape index (κ1) is 17.6. The summed E-state index contributed by atoms with van der Waals surface area (Å²) in [5, 5.41) is 5.76. The zero-order chi connectivity index (χ0) is 16.3. The molecule has 1 aliphatic heterocycles. The van der Waals surface area contributed by atoms with Gasteiger partial charge in [0, 0.05) is 25.4 Å². The van der Waals surface area contributed by atoms with Crippen molar-refractivity contribution < 1.29 is 14.3 Å². The van der Waals surface area contributed by atoms with Gasteiger partial charge in [-0.15, -0.1) is 0 Å². The van der Waals surface area contributed by atoms with Crippen molar-refractivity contribution in [2.75, 3.05) is 31.7 Å².